The van der Waals surface area contributed by atoms with E-state index in [-0.39, 0.29) is 24.2 Å². The number of amides is 1. The minimum atomic E-state index is -0.455. The number of hydrogen-bond donors (Lipinski definition) is 0. The van der Waals surface area contributed by atoms with Crippen molar-refractivity contribution in [2.75, 3.05) is 27.4 Å². The van der Waals surface area contributed by atoms with Gasteiger partial charge < -0.3 is 19.1 Å². The van der Waals surface area contributed by atoms with Crippen LogP contribution in [0.25, 0.3) is 0 Å². The number of fused-ring (bicyclic) bond motifs is 1. The number of benzene rings is 3. The lowest BCUT2D eigenvalue weighted by molar-refractivity contribution is -0.384. The summed E-state index contributed by atoms with van der Waals surface area (Å²) in [6.45, 7) is 2.61. The summed E-state index contributed by atoms with van der Waals surface area (Å²) in [4.78, 5) is 25.9. The Balaban J connectivity index is 1.69. The largest absolute Gasteiger partial charge is 0.493 e. The van der Waals surface area contributed by atoms with Gasteiger partial charge in [-0.15, -0.1) is 0 Å². The predicted molar refractivity (Wildman–Crippen MR) is 127 cm³/mol. The number of ether oxygens (including phenoxy) is 3. The monoisotopic (exact) mass is 462 g/mol. The number of nitro groups is 1. The van der Waals surface area contributed by atoms with E-state index in [4.69, 9.17) is 14.2 Å². The second-order valence-electron chi connectivity index (χ2n) is 8.05. The van der Waals surface area contributed by atoms with Gasteiger partial charge in [0, 0.05) is 24.2 Å². The van der Waals surface area contributed by atoms with Crippen molar-refractivity contribution >= 4 is 11.6 Å². The molecule has 0 saturated carbocycles. The Labute approximate surface area is 197 Å². The summed E-state index contributed by atoms with van der Waals surface area (Å²) in [5.74, 6) is 1.62. The van der Waals surface area contributed by atoms with E-state index in [1.54, 1.807) is 26.4 Å². The molecule has 3 aromatic carbocycles. The smallest absolute Gasteiger partial charge is 0.269 e. The molecule has 0 spiro atoms. The first-order valence-electron chi connectivity index (χ1n) is 10.9. The van der Waals surface area contributed by atoms with E-state index in [1.165, 1.54) is 12.1 Å². The molecule has 0 saturated heterocycles. The topological polar surface area (TPSA) is 91.1 Å². The first kappa shape index (κ1) is 23.1. The fourth-order valence-corrected chi connectivity index (χ4v) is 4.26. The van der Waals surface area contributed by atoms with Crippen LogP contribution in [0.2, 0.25) is 0 Å². The normalized spacial score (nSPS) is 14.8. The molecule has 8 heteroatoms. The summed E-state index contributed by atoms with van der Waals surface area (Å²) in [5, 5.41) is 10.9. The lowest BCUT2D eigenvalue weighted by Crippen LogP contribution is -2.42. The van der Waals surface area contributed by atoms with Crippen molar-refractivity contribution in [2.45, 2.75) is 19.4 Å². The molecule has 0 aliphatic carbocycles. The van der Waals surface area contributed by atoms with Crippen LogP contribution in [0, 0.1) is 17.0 Å². The zero-order valence-electron chi connectivity index (χ0n) is 19.3. The highest BCUT2D eigenvalue weighted by molar-refractivity contribution is 5.96. The molecule has 1 amide bonds. The molecule has 34 heavy (non-hydrogen) atoms. The number of methoxy groups -OCH3 is 2. The Kier molecular flexibility index (Phi) is 6.67. The summed E-state index contributed by atoms with van der Waals surface area (Å²) < 4.78 is 17.0. The quantitative estimate of drug-likeness (QED) is 0.372. The summed E-state index contributed by atoms with van der Waals surface area (Å²) >= 11 is 0. The number of carbonyl (C=O) groups excluding carboxylic acids is 1. The van der Waals surface area contributed by atoms with Crippen LogP contribution in [0.4, 0.5) is 5.69 Å². The van der Waals surface area contributed by atoms with Gasteiger partial charge in [-0.2, -0.15) is 0 Å². The molecule has 0 bridgehead atoms. The number of non-ortho nitro benzene ring substituents is 1. The third kappa shape index (κ3) is 4.52. The highest BCUT2D eigenvalue weighted by Gasteiger charge is 2.33. The van der Waals surface area contributed by atoms with Crippen molar-refractivity contribution in [1.82, 2.24) is 4.90 Å². The van der Waals surface area contributed by atoms with Crippen LogP contribution in [-0.4, -0.2) is 43.1 Å². The zero-order valence-corrected chi connectivity index (χ0v) is 19.3. The van der Waals surface area contributed by atoms with Gasteiger partial charge in [-0.05, 0) is 60.4 Å². The Morgan fingerprint density at radius 3 is 2.38 bits per heavy atom. The maximum Gasteiger partial charge on any atom is 0.269 e. The van der Waals surface area contributed by atoms with Gasteiger partial charge in [-0.25, -0.2) is 0 Å². The lowest BCUT2D eigenvalue weighted by Gasteiger charge is -2.38. The molecule has 0 radical (unpaired) electrons. The molecular formula is C26H26N2O6. The fourth-order valence-electron chi connectivity index (χ4n) is 4.26. The molecular weight excluding hydrogens is 436 g/mol. The summed E-state index contributed by atoms with van der Waals surface area (Å²) in [6.07, 6.45) is 0.668. The standard InChI is InChI=1S/C26H26N2O6/c1-17-6-4-5-7-21(17)26(29)27-13-12-18-14-24(32-2)25(33-3)15-22(18)23(27)16-34-20-10-8-19(9-11-20)28(30)31/h4-11,14-15,23H,12-13,16H2,1-3H3/t23-/m0/s1. The number of hydrogen-bond acceptors (Lipinski definition) is 6. The van der Waals surface area contributed by atoms with Crippen molar-refractivity contribution in [3.63, 3.8) is 0 Å². The number of nitrogens with zero attached hydrogens (tertiary/aromatic N) is 2. The fraction of sp³-hybridized carbons (Fsp3) is 0.269. The minimum absolute atomic E-state index is 0.0106. The van der Waals surface area contributed by atoms with Gasteiger partial charge in [0.15, 0.2) is 11.5 Å². The second-order valence-corrected chi connectivity index (χ2v) is 8.05. The van der Waals surface area contributed by atoms with E-state index in [0.717, 1.165) is 16.7 Å². The molecule has 0 aromatic heterocycles. The first-order chi connectivity index (χ1) is 16.4. The Bertz CT molecular complexity index is 1210. The van der Waals surface area contributed by atoms with Crippen LogP contribution in [0.15, 0.2) is 60.7 Å². The van der Waals surface area contributed by atoms with Crippen LogP contribution in [-0.2, 0) is 6.42 Å². The summed E-state index contributed by atoms with van der Waals surface area (Å²) in [5.41, 5.74) is 3.52. The van der Waals surface area contributed by atoms with Crippen LogP contribution in [0.5, 0.6) is 17.2 Å². The van der Waals surface area contributed by atoms with Gasteiger partial charge >= 0.3 is 0 Å². The molecule has 8 nitrogen and oxygen atoms in total. The third-order valence-electron chi connectivity index (χ3n) is 6.09. The molecule has 1 aliphatic rings. The zero-order chi connectivity index (χ0) is 24.2. The molecule has 176 valence electrons. The van der Waals surface area contributed by atoms with E-state index >= 15 is 0 Å². The average molecular weight is 463 g/mol. The van der Waals surface area contributed by atoms with Gasteiger partial charge in [0.2, 0.25) is 0 Å². The Hall–Kier alpha value is -4.07. The average Bonchev–Trinajstić information content (AvgIpc) is 2.86. The molecule has 0 fully saturated rings. The van der Waals surface area contributed by atoms with Crippen molar-refractivity contribution in [1.29, 1.82) is 0 Å². The highest BCUT2D eigenvalue weighted by atomic mass is 16.6. The van der Waals surface area contributed by atoms with Crippen molar-refractivity contribution < 1.29 is 23.9 Å². The molecule has 1 aliphatic heterocycles. The van der Waals surface area contributed by atoms with Crippen LogP contribution < -0.4 is 14.2 Å². The first-order valence-corrected chi connectivity index (χ1v) is 10.9. The van der Waals surface area contributed by atoms with Crippen LogP contribution >= 0.6 is 0 Å². The van der Waals surface area contributed by atoms with E-state index < -0.39 is 4.92 Å². The number of aryl methyl sites for hydroxylation is 1. The van der Waals surface area contributed by atoms with Crippen molar-refractivity contribution in [2.24, 2.45) is 0 Å². The Morgan fingerprint density at radius 2 is 1.74 bits per heavy atom. The number of carbonyl (C=O) groups is 1. The SMILES string of the molecule is COc1cc2c(cc1OC)[C@H](COc1ccc([N+](=O)[O-])cc1)N(C(=O)c1ccccc1C)CC2. The van der Waals surface area contributed by atoms with Crippen molar-refractivity contribution in [3.05, 3.63) is 93.0 Å². The molecule has 1 atom stereocenters. The maximum absolute atomic E-state index is 13.6. The van der Waals surface area contributed by atoms with Crippen LogP contribution in [0.3, 0.4) is 0 Å². The molecule has 0 unspecified atom stereocenters. The molecule has 3 aromatic rings. The predicted octanol–water partition coefficient (Wildman–Crippen LogP) is 4.74. The third-order valence-corrected chi connectivity index (χ3v) is 6.09. The molecule has 0 N–H and O–H groups in total. The number of rotatable bonds is 7. The van der Waals surface area contributed by atoms with E-state index in [0.29, 0.717) is 35.8 Å². The van der Waals surface area contributed by atoms with Gasteiger partial charge in [0.05, 0.1) is 25.2 Å². The maximum atomic E-state index is 13.6. The molecule has 4 rings (SSSR count). The highest BCUT2D eigenvalue weighted by Crippen LogP contribution is 2.39. The molecule has 1 heterocycles. The summed E-state index contributed by atoms with van der Waals surface area (Å²) in [6, 6.07) is 16.9. The van der Waals surface area contributed by atoms with Gasteiger partial charge in [-0.3, -0.25) is 14.9 Å². The van der Waals surface area contributed by atoms with Gasteiger partial charge in [0.1, 0.15) is 12.4 Å². The van der Waals surface area contributed by atoms with E-state index in [2.05, 4.69) is 0 Å². The summed E-state index contributed by atoms with van der Waals surface area (Å²) in [7, 11) is 3.17. The Morgan fingerprint density at radius 1 is 1.06 bits per heavy atom. The number of nitro benzene ring substituents is 1. The van der Waals surface area contributed by atoms with Crippen molar-refractivity contribution in [3.8, 4) is 17.2 Å². The van der Waals surface area contributed by atoms with Gasteiger partial charge in [-0.1, -0.05) is 18.2 Å². The second kappa shape index (κ2) is 9.82. The van der Waals surface area contributed by atoms with E-state index in [9.17, 15) is 14.9 Å². The van der Waals surface area contributed by atoms with Crippen LogP contribution in [0.1, 0.15) is 33.1 Å². The van der Waals surface area contributed by atoms with E-state index in [1.807, 2.05) is 48.2 Å². The minimum Gasteiger partial charge on any atom is -0.493 e. The van der Waals surface area contributed by atoms with Gasteiger partial charge in [0.25, 0.3) is 11.6 Å². The lowest BCUT2D eigenvalue weighted by atomic mass is 9.91.